The Hall–Kier alpha value is -2.05. The van der Waals surface area contributed by atoms with Crippen molar-refractivity contribution in [2.45, 2.75) is 43.9 Å². The zero-order chi connectivity index (χ0) is 19.9. The highest BCUT2D eigenvalue weighted by atomic mass is 35.5. The van der Waals surface area contributed by atoms with Crippen LogP contribution in [0.2, 0.25) is 5.02 Å². The molecule has 1 unspecified atom stereocenters. The van der Waals surface area contributed by atoms with E-state index < -0.39 is 30.0 Å². The molecular weight excluding hydrogens is 377 g/mol. The molecule has 0 spiro atoms. The van der Waals surface area contributed by atoms with E-state index in [0.29, 0.717) is 27.2 Å². The van der Waals surface area contributed by atoms with E-state index in [-0.39, 0.29) is 0 Å². The molecule has 3 rings (SSSR count). The van der Waals surface area contributed by atoms with Gasteiger partial charge in [0.2, 0.25) is 0 Å². The number of pyridine rings is 1. The number of halogens is 4. The Bertz CT molecular complexity index is 919. The van der Waals surface area contributed by atoms with Crippen LogP contribution in [0.1, 0.15) is 31.5 Å². The van der Waals surface area contributed by atoms with Gasteiger partial charge in [0.05, 0.1) is 0 Å². The quantitative estimate of drug-likeness (QED) is 0.605. The van der Waals surface area contributed by atoms with E-state index in [1.165, 1.54) is 0 Å². The monoisotopic (exact) mass is 396 g/mol. The van der Waals surface area contributed by atoms with E-state index in [1.54, 1.807) is 62.6 Å². The lowest BCUT2D eigenvalue weighted by Gasteiger charge is -2.38. The number of nitrogens with one attached hydrogen (secondary N) is 1. The van der Waals surface area contributed by atoms with Crippen molar-refractivity contribution >= 4 is 22.5 Å². The molecule has 2 aromatic heterocycles. The van der Waals surface area contributed by atoms with Crippen LogP contribution in [0.5, 0.6) is 0 Å². The number of aromatic amines is 1. The highest BCUT2D eigenvalue weighted by Gasteiger charge is 2.56. The van der Waals surface area contributed by atoms with Crippen molar-refractivity contribution in [2.24, 2.45) is 0 Å². The molecule has 144 valence electrons. The number of rotatable bonds is 5. The molecule has 3 aromatic rings. The second-order valence-corrected chi connectivity index (χ2v) is 7.97. The van der Waals surface area contributed by atoms with Gasteiger partial charge in [0, 0.05) is 40.4 Å². The van der Waals surface area contributed by atoms with Crippen molar-refractivity contribution in [1.29, 1.82) is 0 Å². The summed E-state index contributed by atoms with van der Waals surface area (Å²) in [5, 5.41) is 11.8. The highest BCUT2D eigenvalue weighted by Crippen LogP contribution is 2.43. The predicted octanol–water partition coefficient (Wildman–Crippen LogP) is 5.42. The predicted molar refractivity (Wildman–Crippen MR) is 99.9 cm³/mol. The summed E-state index contributed by atoms with van der Waals surface area (Å²) in [6.07, 6.45) is -2.75. The molecule has 0 amide bonds. The zero-order valence-corrected chi connectivity index (χ0v) is 15.7. The molecule has 3 nitrogen and oxygen atoms in total. The smallest absolute Gasteiger partial charge is 0.380 e. The van der Waals surface area contributed by atoms with Crippen LogP contribution in [0.3, 0.4) is 0 Å². The van der Waals surface area contributed by atoms with Gasteiger partial charge in [-0.05, 0) is 41.7 Å². The van der Waals surface area contributed by atoms with Gasteiger partial charge in [-0.15, -0.1) is 0 Å². The van der Waals surface area contributed by atoms with Gasteiger partial charge in [-0.1, -0.05) is 37.6 Å². The summed E-state index contributed by atoms with van der Waals surface area (Å²) in [6, 6.07) is 9.98. The number of hydrogen-bond donors (Lipinski definition) is 2. The Morgan fingerprint density at radius 1 is 1.15 bits per heavy atom. The molecule has 0 bridgehead atoms. The number of alkyl halides is 3. The lowest BCUT2D eigenvalue weighted by Crippen LogP contribution is -2.50. The lowest BCUT2D eigenvalue weighted by atomic mass is 9.73. The third-order valence-electron chi connectivity index (χ3n) is 4.83. The summed E-state index contributed by atoms with van der Waals surface area (Å²) in [7, 11) is 0. The van der Waals surface area contributed by atoms with Crippen LogP contribution in [0.4, 0.5) is 13.2 Å². The van der Waals surface area contributed by atoms with Crippen molar-refractivity contribution in [2.75, 3.05) is 0 Å². The molecule has 0 radical (unpaired) electrons. The van der Waals surface area contributed by atoms with Crippen LogP contribution in [-0.4, -0.2) is 26.9 Å². The number of nitrogens with zero attached hydrogens (tertiary/aromatic N) is 1. The van der Waals surface area contributed by atoms with Crippen molar-refractivity contribution < 1.29 is 18.3 Å². The maximum absolute atomic E-state index is 13.9. The summed E-state index contributed by atoms with van der Waals surface area (Å²) in [5.41, 5.74) is -2.22. The van der Waals surface area contributed by atoms with Gasteiger partial charge in [-0.25, -0.2) is 0 Å². The van der Waals surface area contributed by atoms with Gasteiger partial charge in [-0.3, -0.25) is 4.98 Å². The first-order valence-electron chi connectivity index (χ1n) is 8.47. The third kappa shape index (κ3) is 4.12. The van der Waals surface area contributed by atoms with Crippen molar-refractivity contribution in [3.63, 3.8) is 0 Å². The summed E-state index contributed by atoms with van der Waals surface area (Å²) in [5.74, 6) is 0. The first-order chi connectivity index (χ1) is 12.5. The number of benzene rings is 1. The molecule has 2 heterocycles. The first kappa shape index (κ1) is 19.7. The summed E-state index contributed by atoms with van der Waals surface area (Å²) < 4.78 is 41.6. The number of aromatic nitrogens is 2. The molecule has 27 heavy (non-hydrogen) atoms. The minimum absolute atomic E-state index is 0.305. The molecule has 0 saturated carbocycles. The molecule has 7 heteroatoms. The Kier molecular flexibility index (Phi) is 4.99. The minimum atomic E-state index is -4.79. The van der Waals surface area contributed by atoms with Crippen molar-refractivity contribution in [3.05, 3.63) is 65.1 Å². The van der Waals surface area contributed by atoms with E-state index >= 15 is 0 Å². The molecular formula is C20H20ClF3N2O. The highest BCUT2D eigenvalue weighted by molar-refractivity contribution is 6.30. The Morgan fingerprint density at radius 2 is 1.89 bits per heavy atom. The van der Waals surface area contributed by atoms with Gasteiger partial charge < -0.3 is 10.1 Å². The van der Waals surface area contributed by atoms with Gasteiger partial charge >= 0.3 is 6.18 Å². The van der Waals surface area contributed by atoms with Gasteiger partial charge in [-0.2, -0.15) is 13.2 Å². The van der Waals surface area contributed by atoms with Crippen LogP contribution < -0.4 is 0 Å². The van der Waals surface area contributed by atoms with E-state index in [1.807, 2.05) is 0 Å². The topological polar surface area (TPSA) is 48.9 Å². The van der Waals surface area contributed by atoms with Crippen molar-refractivity contribution in [1.82, 2.24) is 9.97 Å². The minimum Gasteiger partial charge on any atom is -0.380 e. The number of H-pyrrole nitrogens is 1. The van der Waals surface area contributed by atoms with E-state index in [9.17, 15) is 18.3 Å². The fourth-order valence-electron chi connectivity index (χ4n) is 3.45. The third-order valence-corrected chi connectivity index (χ3v) is 5.06. The van der Waals surface area contributed by atoms with Gasteiger partial charge in [0.1, 0.15) is 0 Å². The second kappa shape index (κ2) is 6.84. The zero-order valence-electron chi connectivity index (χ0n) is 14.9. The standard InChI is InChI=1S/C20H20ClF3N2O/c1-18(2,14-4-3-5-15(21)9-14)12-19(27,20(22,23)24)10-16-8-13-11-25-7-6-17(13)26-16/h3-9,11,26-27H,10,12H2,1-2H3. The number of aliphatic hydroxyl groups is 1. The molecule has 0 aliphatic rings. The van der Waals surface area contributed by atoms with Crippen LogP contribution >= 0.6 is 11.6 Å². The van der Waals surface area contributed by atoms with Crippen LogP contribution in [0.25, 0.3) is 10.9 Å². The maximum Gasteiger partial charge on any atom is 0.417 e. The average molecular weight is 397 g/mol. The largest absolute Gasteiger partial charge is 0.417 e. The molecule has 0 saturated heterocycles. The fraction of sp³-hybridized carbons (Fsp3) is 0.350. The maximum atomic E-state index is 13.9. The Morgan fingerprint density at radius 3 is 2.52 bits per heavy atom. The van der Waals surface area contributed by atoms with E-state index in [2.05, 4.69) is 9.97 Å². The Labute approximate surface area is 160 Å². The first-order valence-corrected chi connectivity index (χ1v) is 8.85. The number of fused-ring (bicyclic) bond motifs is 1. The summed E-state index contributed by atoms with van der Waals surface area (Å²) in [4.78, 5) is 6.90. The Balaban J connectivity index is 1.94. The SMILES string of the molecule is CC(C)(CC(O)(Cc1cc2cnccc2[nH]1)C(F)(F)F)c1cccc(Cl)c1. The van der Waals surface area contributed by atoms with Crippen LogP contribution in [0, 0.1) is 0 Å². The lowest BCUT2D eigenvalue weighted by molar-refractivity contribution is -0.266. The molecule has 1 aromatic carbocycles. The molecule has 0 fully saturated rings. The number of hydrogen-bond acceptors (Lipinski definition) is 2. The second-order valence-electron chi connectivity index (χ2n) is 7.53. The summed E-state index contributed by atoms with van der Waals surface area (Å²) >= 11 is 5.99. The van der Waals surface area contributed by atoms with E-state index in [0.717, 1.165) is 0 Å². The molecule has 1 atom stereocenters. The van der Waals surface area contributed by atoms with Gasteiger partial charge in [0.15, 0.2) is 5.60 Å². The molecule has 2 N–H and O–H groups in total. The average Bonchev–Trinajstić information content (AvgIpc) is 2.95. The molecule has 0 aliphatic heterocycles. The van der Waals surface area contributed by atoms with Crippen molar-refractivity contribution in [3.8, 4) is 0 Å². The van der Waals surface area contributed by atoms with Crippen LogP contribution in [-0.2, 0) is 11.8 Å². The van der Waals surface area contributed by atoms with E-state index in [4.69, 9.17) is 11.6 Å². The molecule has 0 aliphatic carbocycles. The fourth-order valence-corrected chi connectivity index (χ4v) is 3.64. The summed E-state index contributed by atoms with van der Waals surface area (Å²) in [6.45, 7) is 3.34. The normalized spacial score (nSPS) is 15.1. The van der Waals surface area contributed by atoms with Gasteiger partial charge in [0.25, 0.3) is 0 Å². The van der Waals surface area contributed by atoms with Crippen LogP contribution in [0.15, 0.2) is 48.8 Å².